The summed E-state index contributed by atoms with van der Waals surface area (Å²) in [5.74, 6) is -0.890. The van der Waals surface area contributed by atoms with E-state index in [1.165, 1.54) is 12.1 Å². The maximum absolute atomic E-state index is 13.3. The normalized spacial score (nSPS) is 16.1. The number of halogens is 3. The first-order valence-corrected chi connectivity index (χ1v) is 10.9. The number of nitrogens with one attached hydrogen (secondary N) is 1. The summed E-state index contributed by atoms with van der Waals surface area (Å²) in [6, 6.07) is 13.4. The molecule has 1 heterocycles. The van der Waals surface area contributed by atoms with Crippen LogP contribution in [0.25, 0.3) is 0 Å². The summed E-state index contributed by atoms with van der Waals surface area (Å²) in [5, 5.41) is 1.84. The third-order valence-electron chi connectivity index (χ3n) is 5.75. The molecule has 3 amide bonds. The van der Waals surface area contributed by atoms with E-state index >= 15 is 0 Å². The highest BCUT2D eigenvalue weighted by atomic mass is 19.4. The molecule has 2 aromatic rings. The van der Waals surface area contributed by atoms with E-state index < -0.39 is 18.6 Å². The second-order valence-corrected chi connectivity index (χ2v) is 8.36. The standard InChI is InChI=1S/C24H24F3N3O3/c25-24(26,27)15-28-22(32)17-8-6-16(7-9-17)14-30(19-10-11-19)23(33)18-3-1-4-20(13-18)29-12-2-5-21(29)31/h1,3-4,6-9,13,19H,2,5,10-12,14-15H2,(H,28,32). The van der Waals surface area contributed by atoms with E-state index in [4.69, 9.17) is 0 Å². The van der Waals surface area contributed by atoms with Crippen molar-refractivity contribution >= 4 is 23.4 Å². The molecule has 2 aliphatic rings. The number of benzene rings is 2. The molecular weight excluding hydrogens is 435 g/mol. The fourth-order valence-electron chi connectivity index (χ4n) is 3.89. The van der Waals surface area contributed by atoms with Crippen LogP contribution in [0.1, 0.15) is 52.0 Å². The summed E-state index contributed by atoms with van der Waals surface area (Å²) in [4.78, 5) is 40.7. The molecule has 2 fully saturated rings. The Hall–Kier alpha value is -3.36. The lowest BCUT2D eigenvalue weighted by Crippen LogP contribution is -2.34. The molecule has 1 N–H and O–H groups in total. The van der Waals surface area contributed by atoms with Crippen molar-refractivity contribution in [1.29, 1.82) is 0 Å². The Morgan fingerprint density at radius 1 is 1.06 bits per heavy atom. The van der Waals surface area contributed by atoms with Crippen LogP contribution in [0, 0.1) is 0 Å². The molecule has 0 bridgehead atoms. The van der Waals surface area contributed by atoms with Crippen molar-refractivity contribution in [2.24, 2.45) is 0 Å². The topological polar surface area (TPSA) is 69.7 Å². The Balaban J connectivity index is 1.45. The predicted octanol–water partition coefficient (Wildman–Crippen LogP) is 3.91. The van der Waals surface area contributed by atoms with E-state index in [2.05, 4.69) is 0 Å². The average molecular weight is 459 g/mol. The zero-order valence-electron chi connectivity index (χ0n) is 17.9. The van der Waals surface area contributed by atoms with Crippen molar-refractivity contribution in [2.75, 3.05) is 18.0 Å². The lowest BCUT2D eigenvalue weighted by molar-refractivity contribution is -0.123. The minimum absolute atomic E-state index is 0.0537. The molecule has 0 unspecified atom stereocenters. The number of amides is 3. The van der Waals surface area contributed by atoms with Gasteiger partial charge in [0.05, 0.1) is 0 Å². The van der Waals surface area contributed by atoms with Gasteiger partial charge in [-0.1, -0.05) is 18.2 Å². The molecule has 1 aliphatic carbocycles. The summed E-state index contributed by atoms with van der Waals surface area (Å²) in [7, 11) is 0. The van der Waals surface area contributed by atoms with E-state index in [9.17, 15) is 27.6 Å². The van der Waals surface area contributed by atoms with Crippen LogP contribution in [0.5, 0.6) is 0 Å². The van der Waals surface area contributed by atoms with Gasteiger partial charge in [-0.2, -0.15) is 13.2 Å². The lowest BCUT2D eigenvalue weighted by Gasteiger charge is -2.24. The highest BCUT2D eigenvalue weighted by molar-refractivity contribution is 5.99. The van der Waals surface area contributed by atoms with E-state index in [1.54, 1.807) is 40.1 Å². The van der Waals surface area contributed by atoms with Gasteiger partial charge in [-0.25, -0.2) is 0 Å². The van der Waals surface area contributed by atoms with Crippen LogP contribution in [0.15, 0.2) is 48.5 Å². The van der Waals surface area contributed by atoms with Crippen LogP contribution in [-0.2, 0) is 11.3 Å². The van der Waals surface area contributed by atoms with Gasteiger partial charge in [-0.15, -0.1) is 0 Å². The molecule has 2 aromatic carbocycles. The minimum atomic E-state index is -4.47. The predicted molar refractivity (Wildman–Crippen MR) is 116 cm³/mol. The minimum Gasteiger partial charge on any atom is -0.343 e. The number of anilines is 1. The van der Waals surface area contributed by atoms with Crippen molar-refractivity contribution in [3.8, 4) is 0 Å². The van der Waals surface area contributed by atoms with Gasteiger partial charge in [0.25, 0.3) is 11.8 Å². The van der Waals surface area contributed by atoms with Crippen LogP contribution in [0.4, 0.5) is 18.9 Å². The monoisotopic (exact) mass is 459 g/mol. The van der Waals surface area contributed by atoms with Crippen molar-refractivity contribution in [3.63, 3.8) is 0 Å². The second-order valence-electron chi connectivity index (χ2n) is 8.36. The van der Waals surface area contributed by atoms with E-state index in [1.807, 2.05) is 11.4 Å². The Morgan fingerprint density at radius 3 is 2.39 bits per heavy atom. The average Bonchev–Trinajstić information content (AvgIpc) is 3.55. The van der Waals surface area contributed by atoms with Crippen LogP contribution < -0.4 is 10.2 Å². The number of carbonyl (C=O) groups is 3. The fourth-order valence-corrected chi connectivity index (χ4v) is 3.89. The summed E-state index contributed by atoms with van der Waals surface area (Å²) in [5.41, 5.74) is 2.11. The van der Waals surface area contributed by atoms with Gasteiger partial charge < -0.3 is 15.1 Å². The molecule has 1 saturated carbocycles. The zero-order chi connectivity index (χ0) is 23.6. The first-order valence-electron chi connectivity index (χ1n) is 10.9. The molecule has 1 saturated heterocycles. The molecule has 1 aliphatic heterocycles. The van der Waals surface area contributed by atoms with Gasteiger partial charge in [-0.05, 0) is 55.2 Å². The van der Waals surface area contributed by atoms with Gasteiger partial charge in [0.1, 0.15) is 6.54 Å². The van der Waals surface area contributed by atoms with Crippen molar-refractivity contribution < 1.29 is 27.6 Å². The van der Waals surface area contributed by atoms with E-state index in [-0.39, 0.29) is 23.4 Å². The lowest BCUT2D eigenvalue weighted by atomic mass is 10.1. The van der Waals surface area contributed by atoms with Gasteiger partial charge in [-0.3, -0.25) is 14.4 Å². The maximum Gasteiger partial charge on any atom is 0.405 e. The summed E-state index contributed by atoms with van der Waals surface area (Å²) in [6.45, 7) is -0.424. The molecule has 6 nitrogen and oxygen atoms in total. The quantitative estimate of drug-likeness (QED) is 0.683. The number of hydrogen-bond acceptors (Lipinski definition) is 3. The summed E-state index contributed by atoms with van der Waals surface area (Å²) in [6.07, 6.45) is -1.37. The molecule has 174 valence electrons. The van der Waals surface area contributed by atoms with E-state index in [0.29, 0.717) is 30.8 Å². The summed E-state index contributed by atoms with van der Waals surface area (Å²) < 4.78 is 36.9. The van der Waals surface area contributed by atoms with Gasteiger partial charge >= 0.3 is 6.18 Å². The molecule has 0 aromatic heterocycles. The number of carbonyl (C=O) groups excluding carboxylic acids is 3. The van der Waals surface area contributed by atoms with Gasteiger partial charge in [0, 0.05) is 42.4 Å². The SMILES string of the molecule is O=C(NCC(F)(F)F)c1ccc(CN(C(=O)c2cccc(N3CCCC3=O)c2)C2CC2)cc1. The first kappa shape index (κ1) is 22.8. The highest BCUT2D eigenvalue weighted by Gasteiger charge is 2.33. The van der Waals surface area contributed by atoms with Gasteiger partial charge in [0.2, 0.25) is 5.91 Å². The third-order valence-corrected chi connectivity index (χ3v) is 5.75. The molecular formula is C24H24F3N3O3. The number of rotatable bonds is 7. The van der Waals surface area contributed by atoms with Crippen LogP contribution in [-0.4, -0.2) is 47.9 Å². The molecule has 0 radical (unpaired) electrons. The van der Waals surface area contributed by atoms with E-state index in [0.717, 1.165) is 24.8 Å². The molecule has 0 atom stereocenters. The van der Waals surface area contributed by atoms with Crippen LogP contribution in [0.3, 0.4) is 0 Å². The molecule has 0 spiro atoms. The summed E-state index contributed by atoms with van der Waals surface area (Å²) >= 11 is 0. The number of hydrogen-bond donors (Lipinski definition) is 1. The maximum atomic E-state index is 13.3. The fraction of sp³-hybridized carbons (Fsp3) is 0.375. The Bertz CT molecular complexity index is 1050. The molecule has 4 rings (SSSR count). The Morgan fingerprint density at radius 2 is 1.79 bits per heavy atom. The van der Waals surface area contributed by atoms with Crippen molar-refractivity contribution in [3.05, 3.63) is 65.2 Å². The van der Waals surface area contributed by atoms with Crippen molar-refractivity contribution in [1.82, 2.24) is 10.2 Å². The molecule has 9 heteroatoms. The van der Waals surface area contributed by atoms with Gasteiger partial charge in [0.15, 0.2) is 0 Å². The van der Waals surface area contributed by atoms with Crippen molar-refractivity contribution in [2.45, 2.75) is 44.4 Å². The second kappa shape index (κ2) is 9.25. The number of nitrogens with zero attached hydrogens (tertiary/aromatic N) is 2. The van der Waals surface area contributed by atoms with Crippen LogP contribution in [0.2, 0.25) is 0 Å². The highest BCUT2D eigenvalue weighted by Crippen LogP contribution is 2.31. The number of alkyl halides is 3. The Kier molecular flexibility index (Phi) is 6.40. The smallest absolute Gasteiger partial charge is 0.343 e. The largest absolute Gasteiger partial charge is 0.405 e. The Labute approximate surface area is 189 Å². The third kappa shape index (κ3) is 5.71. The van der Waals surface area contributed by atoms with Crippen LogP contribution >= 0.6 is 0 Å². The molecule has 33 heavy (non-hydrogen) atoms. The first-order chi connectivity index (χ1) is 15.7. The zero-order valence-corrected chi connectivity index (χ0v) is 17.9.